The molecule has 2 unspecified atom stereocenters. The highest BCUT2D eigenvalue weighted by Crippen LogP contribution is 2.26. The Morgan fingerprint density at radius 3 is 2.90 bits per heavy atom. The van der Waals surface area contributed by atoms with Crippen molar-refractivity contribution in [2.24, 2.45) is 11.8 Å². The topological polar surface area (TPSA) is 65.1 Å². The summed E-state index contributed by atoms with van der Waals surface area (Å²) in [5.74, 6) is 6.37. The highest BCUT2D eigenvalue weighted by Gasteiger charge is 2.23. The zero-order chi connectivity index (χ0) is 14.5. The van der Waals surface area contributed by atoms with Gasteiger partial charge in [-0.15, -0.1) is 0 Å². The second kappa shape index (κ2) is 7.54. The van der Waals surface area contributed by atoms with Crippen LogP contribution in [0.5, 0.6) is 0 Å². The van der Waals surface area contributed by atoms with Gasteiger partial charge in [-0.25, -0.2) is 0 Å². The maximum absolute atomic E-state index is 5.74. The molecule has 0 radical (unpaired) electrons. The Morgan fingerprint density at radius 1 is 1.55 bits per heavy atom. The Labute approximate surface area is 129 Å². The van der Waals surface area contributed by atoms with Crippen LogP contribution in [0.25, 0.3) is 0 Å². The fraction of sp³-hybridized carbons (Fsp3) is 0.786. The van der Waals surface area contributed by atoms with Crippen LogP contribution in [0.3, 0.4) is 0 Å². The van der Waals surface area contributed by atoms with Crippen LogP contribution < -0.4 is 11.3 Å². The van der Waals surface area contributed by atoms with Crippen molar-refractivity contribution in [1.29, 1.82) is 0 Å². The fourth-order valence-electron chi connectivity index (χ4n) is 2.83. The Bertz CT molecular complexity index is 429. The van der Waals surface area contributed by atoms with Crippen LogP contribution >= 0.6 is 15.9 Å². The normalized spacial score (nSPS) is 20.5. The number of hydrogen-bond acceptors (Lipinski definition) is 4. The molecule has 6 heteroatoms. The van der Waals surface area contributed by atoms with E-state index in [1.165, 1.54) is 5.69 Å². The zero-order valence-corrected chi connectivity index (χ0v) is 13.9. The van der Waals surface area contributed by atoms with Crippen molar-refractivity contribution in [3.05, 3.63) is 15.9 Å². The Morgan fingerprint density at radius 2 is 2.35 bits per heavy atom. The van der Waals surface area contributed by atoms with Gasteiger partial charge < -0.3 is 4.74 Å². The molecule has 1 aliphatic heterocycles. The summed E-state index contributed by atoms with van der Waals surface area (Å²) < 4.78 is 8.67. The molecule has 0 aromatic carbocycles. The van der Waals surface area contributed by atoms with Gasteiger partial charge in [0.05, 0.1) is 15.9 Å². The third kappa shape index (κ3) is 3.61. The average Bonchev–Trinajstić information content (AvgIpc) is 3.07. The molecule has 0 amide bonds. The number of hydrazine groups is 1. The number of rotatable bonds is 7. The molecule has 1 aromatic heterocycles. The van der Waals surface area contributed by atoms with Gasteiger partial charge in [-0.1, -0.05) is 6.92 Å². The van der Waals surface area contributed by atoms with E-state index in [-0.39, 0.29) is 6.04 Å². The molecule has 1 saturated heterocycles. The first kappa shape index (κ1) is 15.9. The average molecular weight is 345 g/mol. The van der Waals surface area contributed by atoms with Gasteiger partial charge in [0.1, 0.15) is 0 Å². The Hall–Kier alpha value is -0.430. The van der Waals surface area contributed by atoms with E-state index in [9.17, 15) is 0 Å². The highest BCUT2D eigenvalue weighted by atomic mass is 79.9. The second-order valence-electron chi connectivity index (χ2n) is 5.41. The molecule has 0 aliphatic carbocycles. The number of aromatic nitrogens is 2. The molecule has 2 heterocycles. The number of nitrogens with one attached hydrogen (secondary N) is 1. The van der Waals surface area contributed by atoms with Gasteiger partial charge in [0.15, 0.2) is 0 Å². The van der Waals surface area contributed by atoms with Crippen LogP contribution in [0.4, 0.5) is 0 Å². The predicted molar refractivity (Wildman–Crippen MR) is 83.3 cm³/mol. The van der Waals surface area contributed by atoms with Crippen molar-refractivity contribution in [3.63, 3.8) is 0 Å². The van der Waals surface area contributed by atoms with E-state index in [4.69, 9.17) is 10.6 Å². The summed E-state index contributed by atoms with van der Waals surface area (Å²) in [4.78, 5) is 0. The number of ether oxygens (including phenoxy) is 1. The first-order valence-electron chi connectivity index (χ1n) is 7.47. The van der Waals surface area contributed by atoms with Crippen LogP contribution in [-0.2, 0) is 24.1 Å². The molecule has 1 aromatic rings. The standard InChI is InChI=1S/C14H25BrN4O/c1-3-12-14(15)13(19(4-2)18-12)8-11(17-16)7-10-5-6-20-9-10/h10-11,17H,3-9,16H2,1-2H3. The van der Waals surface area contributed by atoms with Crippen molar-refractivity contribution in [3.8, 4) is 0 Å². The molecule has 2 rings (SSSR count). The molecule has 114 valence electrons. The maximum Gasteiger partial charge on any atom is 0.0766 e. The van der Waals surface area contributed by atoms with Crippen molar-refractivity contribution >= 4 is 15.9 Å². The Kier molecular flexibility index (Phi) is 6.01. The van der Waals surface area contributed by atoms with E-state index in [1.54, 1.807) is 0 Å². The third-order valence-corrected chi connectivity index (χ3v) is 4.93. The smallest absolute Gasteiger partial charge is 0.0766 e. The summed E-state index contributed by atoms with van der Waals surface area (Å²) in [5, 5.41) is 4.64. The fourth-order valence-corrected chi connectivity index (χ4v) is 3.55. The van der Waals surface area contributed by atoms with E-state index in [2.05, 4.69) is 45.0 Å². The van der Waals surface area contributed by atoms with E-state index in [1.807, 2.05) is 0 Å². The molecule has 20 heavy (non-hydrogen) atoms. The molecule has 0 bridgehead atoms. The maximum atomic E-state index is 5.74. The second-order valence-corrected chi connectivity index (χ2v) is 6.20. The number of hydrogen-bond donors (Lipinski definition) is 2. The lowest BCUT2D eigenvalue weighted by Crippen LogP contribution is -2.39. The lowest BCUT2D eigenvalue weighted by atomic mass is 9.96. The molecule has 0 saturated carbocycles. The lowest BCUT2D eigenvalue weighted by Gasteiger charge is -2.19. The summed E-state index contributed by atoms with van der Waals surface area (Å²) in [5.41, 5.74) is 5.33. The number of aryl methyl sites for hydroxylation is 2. The van der Waals surface area contributed by atoms with Gasteiger partial charge in [-0.05, 0) is 48.0 Å². The molecule has 5 nitrogen and oxygen atoms in total. The molecular formula is C14H25BrN4O. The van der Waals surface area contributed by atoms with Crippen LogP contribution in [0.1, 0.15) is 38.1 Å². The minimum Gasteiger partial charge on any atom is -0.381 e. The minimum absolute atomic E-state index is 0.268. The zero-order valence-electron chi connectivity index (χ0n) is 12.4. The SMILES string of the molecule is CCc1nn(CC)c(CC(CC2CCOC2)NN)c1Br. The summed E-state index contributed by atoms with van der Waals surface area (Å²) in [7, 11) is 0. The van der Waals surface area contributed by atoms with Crippen molar-refractivity contribution in [1.82, 2.24) is 15.2 Å². The van der Waals surface area contributed by atoms with E-state index in [0.29, 0.717) is 5.92 Å². The van der Waals surface area contributed by atoms with Crippen molar-refractivity contribution in [2.45, 2.75) is 52.1 Å². The third-order valence-electron chi connectivity index (χ3n) is 4.01. The van der Waals surface area contributed by atoms with Crippen molar-refractivity contribution < 1.29 is 4.74 Å². The summed E-state index contributed by atoms with van der Waals surface area (Å²) in [6, 6.07) is 0.268. The predicted octanol–water partition coefficient (Wildman–Crippen LogP) is 2.03. The van der Waals surface area contributed by atoms with E-state index < -0.39 is 0 Å². The van der Waals surface area contributed by atoms with E-state index in [0.717, 1.165) is 55.6 Å². The van der Waals surface area contributed by atoms with Crippen LogP contribution in [0, 0.1) is 5.92 Å². The molecule has 2 atom stereocenters. The molecule has 1 fully saturated rings. The monoisotopic (exact) mass is 344 g/mol. The van der Waals surface area contributed by atoms with Crippen LogP contribution in [-0.4, -0.2) is 29.0 Å². The number of halogens is 1. The van der Waals surface area contributed by atoms with E-state index >= 15 is 0 Å². The summed E-state index contributed by atoms with van der Waals surface area (Å²) in [6.07, 6.45) is 4.04. The number of nitrogens with zero attached hydrogens (tertiary/aromatic N) is 2. The molecule has 3 N–H and O–H groups in total. The van der Waals surface area contributed by atoms with Gasteiger partial charge in [0.25, 0.3) is 0 Å². The Balaban J connectivity index is 2.07. The molecule has 1 aliphatic rings. The van der Waals surface area contributed by atoms with Gasteiger partial charge >= 0.3 is 0 Å². The first-order valence-corrected chi connectivity index (χ1v) is 8.26. The quantitative estimate of drug-likeness (QED) is 0.586. The highest BCUT2D eigenvalue weighted by molar-refractivity contribution is 9.10. The van der Waals surface area contributed by atoms with Crippen LogP contribution in [0.2, 0.25) is 0 Å². The van der Waals surface area contributed by atoms with Gasteiger partial charge in [0.2, 0.25) is 0 Å². The van der Waals surface area contributed by atoms with Crippen molar-refractivity contribution in [2.75, 3.05) is 13.2 Å². The van der Waals surface area contributed by atoms with Crippen LogP contribution in [0.15, 0.2) is 4.47 Å². The first-order chi connectivity index (χ1) is 9.69. The molecule has 0 spiro atoms. The van der Waals surface area contributed by atoms with Gasteiger partial charge in [-0.3, -0.25) is 16.0 Å². The summed E-state index contributed by atoms with van der Waals surface area (Å²) >= 11 is 3.70. The van der Waals surface area contributed by atoms with Gasteiger partial charge in [-0.2, -0.15) is 5.10 Å². The largest absolute Gasteiger partial charge is 0.381 e. The number of nitrogens with two attached hydrogens (primary N) is 1. The van der Waals surface area contributed by atoms with Gasteiger partial charge in [0, 0.05) is 32.2 Å². The summed E-state index contributed by atoms with van der Waals surface area (Å²) in [6.45, 7) is 6.90. The minimum atomic E-state index is 0.268. The molecular weight excluding hydrogens is 320 g/mol. The lowest BCUT2D eigenvalue weighted by molar-refractivity contribution is 0.181.